The molecule has 1 unspecified atom stereocenters. The minimum atomic E-state index is -0.869. The fourth-order valence-electron chi connectivity index (χ4n) is 1.04. The van der Waals surface area contributed by atoms with Crippen LogP contribution in [-0.4, -0.2) is 11.1 Å². The highest BCUT2D eigenvalue weighted by Gasteiger charge is 2.09. The Morgan fingerprint density at radius 1 is 1.57 bits per heavy atom. The van der Waals surface area contributed by atoms with Crippen molar-refractivity contribution in [1.29, 1.82) is 0 Å². The van der Waals surface area contributed by atoms with E-state index >= 15 is 0 Å². The van der Waals surface area contributed by atoms with E-state index < -0.39 is 12.0 Å². The van der Waals surface area contributed by atoms with E-state index in [-0.39, 0.29) is 18.8 Å². The molecular formula is C9H11ClINO2. The van der Waals surface area contributed by atoms with Gasteiger partial charge in [-0.15, -0.1) is 12.4 Å². The second-order valence-electron chi connectivity index (χ2n) is 2.76. The summed E-state index contributed by atoms with van der Waals surface area (Å²) in [6.45, 7) is 0. The molecule has 0 fully saturated rings. The van der Waals surface area contributed by atoms with Crippen molar-refractivity contribution in [2.75, 3.05) is 0 Å². The number of carboxylic acids is 1. The molecule has 78 valence electrons. The van der Waals surface area contributed by atoms with E-state index in [9.17, 15) is 4.79 Å². The first-order chi connectivity index (χ1) is 6.09. The molecule has 0 spiro atoms. The highest BCUT2D eigenvalue weighted by Crippen LogP contribution is 2.16. The third-order valence-corrected chi connectivity index (χ3v) is 2.34. The number of nitrogens with two attached hydrogens (primary N) is 1. The molecule has 14 heavy (non-hydrogen) atoms. The standard InChI is InChI=1S/C9H10INO2.ClH/c10-7-3-1-2-6(4-7)8(11)5-9(12)13;/h1-4,8H,5,11H2,(H,12,13);1H. The van der Waals surface area contributed by atoms with E-state index in [2.05, 4.69) is 22.6 Å². The number of hydrogen-bond acceptors (Lipinski definition) is 2. The van der Waals surface area contributed by atoms with Crippen molar-refractivity contribution in [3.8, 4) is 0 Å². The second-order valence-corrected chi connectivity index (χ2v) is 4.00. The van der Waals surface area contributed by atoms with Crippen LogP contribution in [0.3, 0.4) is 0 Å². The molecule has 3 N–H and O–H groups in total. The summed E-state index contributed by atoms with van der Waals surface area (Å²) in [7, 11) is 0. The van der Waals surface area contributed by atoms with Gasteiger partial charge in [0.2, 0.25) is 0 Å². The molecule has 0 radical (unpaired) electrons. The molecule has 5 heteroatoms. The third-order valence-electron chi connectivity index (χ3n) is 1.67. The number of carbonyl (C=O) groups is 1. The van der Waals surface area contributed by atoms with Crippen molar-refractivity contribution >= 4 is 41.0 Å². The lowest BCUT2D eigenvalue weighted by atomic mass is 10.1. The van der Waals surface area contributed by atoms with Crippen molar-refractivity contribution in [2.24, 2.45) is 5.73 Å². The van der Waals surface area contributed by atoms with Crippen LogP contribution in [0.1, 0.15) is 18.0 Å². The summed E-state index contributed by atoms with van der Waals surface area (Å²) >= 11 is 2.17. The molecule has 0 saturated heterocycles. The van der Waals surface area contributed by atoms with Crippen molar-refractivity contribution in [1.82, 2.24) is 0 Å². The minimum absolute atomic E-state index is 0. The first-order valence-corrected chi connectivity index (χ1v) is 4.90. The number of halogens is 2. The molecule has 0 aliphatic rings. The van der Waals surface area contributed by atoms with Gasteiger partial charge in [-0.1, -0.05) is 12.1 Å². The molecule has 1 aromatic rings. The molecule has 1 aromatic carbocycles. The summed E-state index contributed by atoms with van der Waals surface area (Å²) in [4.78, 5) is 10.4. The van der Waals surface area contributed by atoms with E-state index in [1.165, 1.54) is 0 Å². The summed E-state index contributed by atoms with van der Waals surface area (Å²) in [6, 6.07) is 7.15. The summed E-state index contributed by atoms with van der Waals surface area (Å²) in [6.07, 6.45) is -0.0277. The highest BCUT2D eigenvalue weighted by molar-refractivity contribution is 14.1. The smallest absolute Gasteiger partial charge is 0.305 e. The van der Waals surface area contributed by atoms with Crippen LogP contribution in [0.2, 0.25) is 0 Å². The van der Waals surface area contributed by atoms with Gasteiger partial charge in [-0.05, 0) is 40.3 Å². The molecule has 0 bridgehead atoms. The number of carboxylic acid groups (broad SMARTS) is 1. The zero-order valence-corrected chi connectivity index (χ0v) is 10.3. The van der Waals surface area contributed by atoms with Crippen LogP contribution in [-0.2, 0) is 4.79 Å². The summed E-state index contributed by atoms with van der Waals surface area (Å²) in [5.41, 5.74) is 6.55. The molecule has 0 heterocycles. The van der Waals surface area contributed by atoms with Gasteiger partial charge in [0.25, 0.3) is 0 Å². The largest absolute Gasteiger partial charge is 0.481 e. The average Bonchev–Trinajstić information content (AvgIpc) is 2.03. The first kappa shape index (κ1) is 13.7. The van der Waals surface area contributed by atoms with Gasteiger partial charge < -0.3 is 10.8 Å². The number of benzene rings is 1. The van der Waals surface area contributed by atoms with Crippen LogP contribution in [0.4, 0.5) is 0 Å². The van der Waals surface area contributed by atoms with Crippen molar-refractivity contribution in [3.05, 3.63) is 33.4 Å². The monoisotopic (exact) mass is 327 g/mol. The molecule has 0 amide bonds. The lowest BCUT2D eigenvalue weighted by molar-refractivity contribution is -0.137. The van der Waals surface area contributed by atoms with Gasteiger partial charge in [-0.25, -0.2) is 0 Å². The normalized spacial score (nSPS) is 11.6. The molecule has 3 nitrogen and oxygen atoms in total. The SMILES string of the molecule is Cl.NC(CC(=O)O)c1cccc(I)c1. The topological polar surface area (TPSA) is 63.3 Å². The molecule has 0 aromatic heterocycles. The Hall–Kier alpha value is -0.330. The number of hydrogen-bond donors (Lipinski definition) is 2. The fourth-order valence-corrected chi connectivity index (χ4v) is 1.61. The predicted molar refractivity (Wildman–Crippen MR) is 65.6 cm³/mol. The Labute approximate surface area is 102 Å². The van der Waals surface area contributed by atoms with Crippen LogP contribution in [0.15, 0.2) is 24.3 Å². The third kappa shape index (κ3) is 4.26. The van der Waals surface area contributed by atoms with E-state index in [0.717, 1.165) is 9.13 Å². The average molecular weight is 328 g/mol. The van der Waals surface area contributed by atoms with Crippen LogP contribution >= 0.6 is 35.0 Å². The van der Waals surface area contributed by atoms with Gasteiger partial charge in [0.15, 0.2) is 0 Å². The molecule has 0 aliphatic carbocycles. The van der Waals surface area contributed by atoms with E-state index in [1.807, 2.05) is 24.3 Å². The van der Waals surface area contributed by atoms with Crippen molar-refractivity contribution < 1.29 is 9.90 Å². The van der Waals surface area contributed by atoms with Crippen LogP contribution in [0.25, 0.3) is 0 Å². The summed E-state index contributed by atoms with van der Waals surface area (Å²) in [5, 5.41) is 8.53. The lowest BCUT2D eigenvalue weighted by Gasteiger charge is -2.08. The number of aliphatic carboxylic acids is 1. The fraction of sp³-hybridized carbons (Fsp3) is 0.222. The van der Waals surface area contributed by atoms with Gasteiger partial charge in [0, 0.05) is 9.61 Å². The van der Waals surface area contributed by atoms with Crippen LogP contribution in [0.5, 0.6) is 0 Å². The quantitative estimate of drug-likeness (QED) is 0.837. The summed E-state index contributed by atoms with van der Waals surface area (Å²) in [5.74, 6) is -0.869. The van der Waals surface area contributed by atoms with Gasteiger partial charge in [-0.2, -0.15) is 0 Å². The maximum atomic E-state index is 10.4. The first-order valence-electron chi connectivity index (χ1n) is 3.82. The molecule has 1 rings (SSSR count). The Morgan fingerprint density at radius 3 is 2.71 bits per heavy atom. The molecule has 0 saturated carbocycles. The van der Waals surface area contributed by atoms with E-state index in [1.54, 1.807) is 0 Å². The zero-order valence-electron chi connectivity index (χ0n) is 7.31. The van der Waals surface area contributed by atoms with Crippen molar-refractivity contribution in [3.63, 3.8) is 0 Å². The Morgan fingerprint density at radius 2 is 2.21 bits per heavy atom. The molecule has 1 atom stereocenters. The Balaban J connectivity index is 0.00000169. The van der Waals surface area contributed by atoms with Gasteiger partial charge in [0.1, 0.15) is 0 Å². The zero-order chi connectivity index (χ0) is 9.84. The molecule has 0 aliphatic heterocycles. The van der Waals surface area contributed by atoms with Gasteiger partial charge >= 0.3 is 5.97 Å². The summed E-state index contributed by atoms with van der Waals surface area (Å²) < 4.78 is 1.07. The van der Waals surface area contributed by atoms with Gasteiger partial charge in [-0.3, -0.25) is 4.79 Å². The van der Waals surface area contributed by atoms with Crippen LogP contribution in [0, 0.1) is 3.57 Å². The Bertz CT molecular complexity index is 319. The number of rotatable bonds is 3. The van der Waals surface area contributed by atoms with Crippen molar-refractivity contribution in [2.45, 2.75) is 12.5 Å². The lowest BCUT2D eigenvalue weighted by Crippen LogP contribution is -2.14. The minimum Gasteiger partial charge on any atom is -0.481 e. The van der Waals surface area contributed by atoms with E-state index in [0.29, 0.717) is 0 Å². The van der Waals surface area contributed by atoms with Crippen LogP contribution < -0.4 is 5.73 Å². The predicted octanol–water partition coefficient (Wildman–Crippen LogP) is 2.19. The van der Waals surface area contributed by atoms with E-state index in [4.69, 9.17) is 10.8 Å². The highest BCUT2D eigenvalue weighted by atomic mass is 127. The Kier molecular flexibility index (Phi) is 6.06. The van der Waals surface area contributed by atoms with Gasteiger partial charge in [0.05, 0.1) is 6.42 Å². The second kappa shape index (κ2) is 6.21. The maximum absolute atomic E-state index is 10.4. The molecular weight excluding hydrogens is 316 g/mol. The maximum Gasteiger partial charge on any atom is 0.305 e.